The summed E-state index contributed by atoms with van der Waals surface area (Å²) in [6, 6.07) is 0. The van der Waals surface area contributed by atoms with Crippen molar-refractivity contribution in [2.75, 3.05) is 7.11 Å². The number of rotatable bonds is 6. The van der Waals surface area contributed by atoms with Crippen molar-refractivity contribution in [1.82, 2.24) is 9.78 Å². The van der Waals surface area contributed by atoms with Crippen LogP contribution in [0, 0.1) is 10.1 Å². The van der Waals surface area contributed by atoms with E-state index >= 15 is 0 Å². The van der Waals surface area contributed by atoms with E-state index in [1.807, 2.05) is 0 Å². The molecule has 0 amide bonds. The molecule has 0 spiro atoms. The lowest BCUT2D eigenvalue weighted by Gasteiger charge is -1.94. The average molecular weight is 257 g/mol. The first-order valence-corrected chi connectivity index (χ1v) is 4.97. The highest BCUT2D eigenvalue weighted by Gasteiger charge is 2.26. The van der Waals surface area contributed by atoms with Crippen molar-refractivity contribution in [2.45, 2.75) is 19.4 Å². The van der Waals surface area contributed by atoms with Gasteiger partial charge in [-0.1, -0.05) is 0 Å². The van der Waals surface area contributed by atoms with Gasteiger partial charge in [0.1, 0.15) is 0 Å². The number of ether oxygens (including phenoxy) is 1. The average Bonchev–Trinajstić information content (AvgIpc) is 2.72. The van der Waals surface area contributed by atoms with Gasteiger partial charge in [0, 0.05) is 6.42 Å². The zero-order valence-electron chi connectivity index (χ0n) is 9.53. The SMILES string of the molecule is COC(=O)c1cn(CCCC(=O)O)nc1[N+](=O)[O-]. The minimum absolute atomic E-state index is 0.0821. The first-order chi connectivity index (χ1) is 8.45. The van der Waals surface area contributed by atoms with E-state index in [0.29, 0.717) is 0 Å². The van der Waals surface area contributed by atoms with Crippen LogP contribution in [0.3, 0.4) is 0 Å². The number of methoxy groups -OCH3 is 1. The maximum atomic E-state index is 11.3. The molecule has 0 fully saturated rings. The van der Waals surface area contributed by atoms with Gasteiger partial charge in [-0.3, -0.25) is 4.79 Å². The van der Waals surface area contributed by atoms with Gasteiger partial charge < -0.3 is 20.0 Å². The Labute approximate surface area is 101 Å². The Morgan fingerprint density at radius 2 is 2.28 bits per heavy atom. The van der Waals surface area contributed by atoms with Crippen molar-refractivity contribution < 1.29 is 24.4 Å². The molecule has 98 valence electrons. The lowest BCUT2D eigenvalue weighted by atomic mass is 10.3. The number of aryl methyl sites for hydroxylation is 1. The summed E-state index contributed by atoms with van der Waals surface area (Å²) in [5.41, 5.74) is -0.252. The Bertz CT molecular complexity index is 481. The fraction of sp³-hybridized carbons (Fsp3) is 0.444. The largest absolute Gasteiger partial charge is 0.481 e. The smallest absolute Gasteiger partial charge is 0.404 e. The predicted octanol–water partition coefficient (Wildman–Crippen LogP) is 0.443. The number of esters is 1. The molecule has 1 aromatic heterocycles. The van der Waals surface area contributed by atoms with Gasteiger partial charge in [0.2, 0.25) is 0 Å². The molecule has 1 aromatic rings. The van der Waals surface area contributed by atoms with Crippen molar-refractivity contribution in [3.8, 4) is 0 Å². The molecule has 0 unspecified atom stereocenters. The van der Waals surface area contributed by atoms with E-state index < -0.39 is 22.7 Å². The summed E-state index contributed by atoms with van der Waals surface area (Å²) in [4.78, 5) is 31.4. The van der Waals surface area contributed by atoms with Crippen LogP contribution in [0.1, 0.15) is 23.2 Å². The normalized spacial score (nSPS) is 10.1. The number of aliphatic carboxylic acids is 1. The van der Waals surface area contributed by atoms with Crippen LogP contribution in [0.2, 0.25) is 0 Å². The van der Waals surface area contributed by atoms with Crippen LogP contribution in [0.5, 0.6) is 0 Å². The Morgan fingerprint density at radius 3 is 2.78 bits per heavy atom. The van der Waals surface area contributed by atoms with Gasteiger partial charge in [-0.15, -0.1) is 0 Å². The third-order valence-electron chi connectivity index (χ3n) is 2.10. The molecule has 0 aliphatic carbocycles. The molecule has 0 aliphatic rings. The standard InChI is InChI=1S/C9H11N3O6/c1-18-9(15)6-5-11(4-2-3-7(13)14)10-8(6)12(16)17/h5H,2-4H2,1H3,(H,13,14). The molecule has 0 saturated heterocycles. The fourth-order valence-corrected chi connectivity index (χ4v) is 1.31. The maximum absolute atomic E-state index is 11.3. The van der Waals surface area contributed by atoms with Crippen LogP contribution in [0.15, 0.2) is 6.20 Å². The van der Waals surface area contributed by atoms with Gasteiger partial charge in [0.15, 0.2) is 5.56 Å². The minimum atomic E-state index is -0.968. The quantitative estimate of drug-likeness (QED) is 0.445. The molecule has 0 radical (unpaired) electrons. The van der Waals surface area contributed by atoms with E-state index in [1.54, 1.807) is 0 Å². The Hall–Kier alpha value is -2.45. The van der Waals surface area contributed by atoms with E-state index in [9.17, 15) is 19.7 Å². The summed E-state index contributed by atoms with van der Waals surface area (Å²) in [5.74, 6) is -2.42. The van der Waals surface area contributed by atoms with Crippen LogP contribution >= 0.6 is 0 Å². The molecule has 0 aromatic carbocycles. The molecule has 0 saturated carbocycles. The second-order valence-electron chi connectivity index (χ2n) is 3.38. The van der Waals surface area contributed by atoms with Crippen molar-refractivity contribution in [2.24, 2.45) is 0 Å². The van der Waals surface area contributed by atoms with Crippen molar-refractivity contribution in [1.29, 1.82) is 0 Å². The minimum Gasteiger partial charge on any atom is -0.481 e. The van der Waals surface area contributed by atoms with Gasteiger partial charge in [-0.05, 0) is 11.3 Å². The molecule has 1 heterocycles. The van der Waals surface area contributed by atoms with Crippen LogP contribution in [0.25, 0.3) is 0 Å². The van der Waals surface area contributed by atoms with Crippen molar-refractivity contribution in [3.05, 3.63) is 21.9 Å². The fourth-order valence-electron chi connectivity index (χ4n) is 1.31. The van der Waals surface area contributed by atoms with Gasteiger partial charge in [0.05, 0.1) is 25.0 Å². The third kappa shape index (κ3) is 3.27. The maximum Gasteiger partial charge on any atom is 0.404 e. The van der Waals surface area contributed by atoms with Crippen molar-refractivity contribution >= 4 is 17.8 Å². The van der Waals surface area contributed by atoms with Gasteiger partial charge >= 0.3 is 17.8 Å². The monoisotopic (exact) mass is 257 g/mol. The number of carbonyl (C=O) groups is 2. The summed E-state index contributed by atoms with van der Waals surface area (Å²) >= 11 is 0. The van der Waals surface area contributed by atoms with Crippen LogP contribution < -0.4 is 0 Å². The number of hydrogen-bond acceptors (Lipinski definition) is 6. The van der Waals surface area contributed by atoms with Crippen LogP contribution in [-0.4, -0.2) is 38.9 Å². The lowest BCUT2D eigenvalue weighted by Crippen LogP contribution is -2.03. The molecule has 18 heavy (non-hydrogen) atoms. The Kier molecular flexibility index (Phi) is 4.35. The molecule has 0 bridgehead atoms. The summed E-state index contributed by atoms with van der Waals surface area (Å²) in [6.07, 6.45) is 1.35. The number of nitro groups is 1. The van der Waals surface area contributed by atoms with E-state index in [1.165, 1.54) is 6.20 Å². The number of carbonyl (C=O) groups excluding carboxylic acids is 1. The van der Waals surface area contributed by atoms with E-state index in [0.717, 1.165) is 11.8 Å². The van der Waals surface area contributed by atoms with E-state index in [4.69, 9.17) is 5.11 Å². The highest BCUT2D eigenvalue weighted by molar-refractivity contribution is 5.92. The highest BCUT2D eigenvalue weighted by atomic mass is 16.6. The van der Waals surface area contributed by atoms with Gasteiger partial charge in [-0.2, -0.15) is 4.68 Å². The molecular formula is C9H11N3O6. The van der Waals surface area contributed by atoms with Crippen molar-refractivity contribution in [3.63, 3.8) is 0 Å². The Morgan fingerprint density at radius 1 is 1.61 bits per heavy atom. The van der Waals surface area contributed by atoms with E-state index in [-0.39, 0.29) is 24.9 Å². The molecule has 9 heteroatoms. The summed E-state index contributed by atoms with van der Waals surface area (Å²) in [6.45, 7) is 0.171. The Balaban J connectivity index is 2.85. The van der Waals surface area contributed by atoms with Crippen LogP contribution in [0.4, 0.5) is 5.82 Å². The lowest BCUT2D eigenvalue weighted by molar-refractivity contribution is -0.390. The molecule has 0 aliphatic heterocycles. The topological polar surface area (TPSA) is 125 Å². The third-order valence-corrected chi connectivity index (χ3v) is 2.10. The van der Waals surface area contributed by atoms with Gasteiger partial charge in [0.25, 0.3) is 0 Å². The summed E-state index contributed by atoms with van der Waals surface area (Å²) < 4.78 is 5.55. The molecule has 1 rings (SSSR count). The number of carboxylic acid groups (broad SMARTS) is 1. The number of nitrogens with zero attached hydrogens (tertiary/aromatic N) is 3. The highest BCUT2D eigenvalue weighted by Crippen LogP contribution is 2.17. The molecule has 0 atom stereocenters. The summed E-state index contributed by atoms with van der Waals surface area (Å²) in [7, 11) is 1.10. The zero-order chi connectivity index (χ0) is 13.7. The number of carboxylic acids is 1. The predicted molar refractivity (Wildman–Crippen MR) is 57.1 cm³/mol. The molecule has 9 nitrogen and oxygen atoms in total. The van der Waals surface area contributed by atoms with Gasteiger partial charge in [-0.25, -0.2) is 4.79 Å². The first kappa shape index (κ1) is 13.6. The second-order valence-corrected chi connectivity index (χ2v) is 3.38. The summed E-state index contributed by atoms with van der Waals surface area (Å²) in [5, 5.41) is 22.7. The first-order valence-electron chi connectivity index (χ1n) is 4.97. The zero-order valence-corrected chi connectivity index (χ0v) is 9.53. The second kappa shape index (κ2) is 5.75. The number of hydrogen-bond donors (Lipinski definition) is 1. The number of aromatic nitrogens is 2. The van der Waals surface area contributed by atoms with E-state index in [2.05, 4.69) is 9.84 Å². The molecule has 1 N–H and O–H groups in total. The van der Waals surface area contributed by atoms with Crippen LogP contribution in [-0.2, 0) is 16.1 Å². The molecular weight excluding hydrogens is 246 g/mol.